The third kappa shape index (κ3) is 4.96. The van der Waals surface area contributed by atoms with Gasteiger partial charge in [-0.25, -0.2) is 4.98 Å². The molecule has 0 radical (unpaired) electrons. The maximum absolute atomic E-state index is 13.2. The molecule has 3 rings (SSSR count). The Morgan fingerprint density at radius 2 is 2.11 bits per heavy atom. The van der Waals surface area contributed by atoms with Crippen LogP contribution in [0.5, 0.6) is 0 Å². The van der Waals surface area contributed by atoms with Crippen molar-refractivity contribution < 1.29 is 9.53 Å². The molecule has 1 fully saturated rings. The number of hydrogen-bond donors (Lipinski definition) is 1. The van der Waals surface area contributed by atoms with E-state index in [4.69, 9.17) is 4.74 Å². The Hall–Kier alpha value is -2.18. The van der Waals surface area contributed by atoms with Gasteiger partial charge in [-0.1, -0.05) is 12.1 Å². The number of carbonyl (C=O) groups is 1. The van der Waals surface area contributed by atoms with E-state index >= 15 is 0 Å². The Labute approximate surface area is 161 Å². The number of imidazole rings is 1. The van der Waals surface area contributed by atoms with E-state index < -0.39 is 0 Å². The van der Waals surface area contributed by atoms with Gasteiger partial charge in [0.05, 0.1) is 11.8 Å². The lowest BCUT2D eigenvalue weighted by atomic mass is 10.1. The molecule has 146 valence electrons. The van der Waals surface area contributed by atoms with Crippen LogP contribution in [-0.4, -0.2) is 72.1 Å². The van der Waals surface area contributed by atoms with Crippen LogP contribution < -0.4 is 0 Å². The molecule has 0 saturated carbocycles. The minimum atomic E-state index is 0.0547. The first kappa shape index (κ1) is 19.6. The van der Waals surface area contributed by atoms with Crippen LogP contribution in [0.25, 0.3) is 11.3 Å². The summed E-state index contributed by atoms with van der Waals surface area (Å²) in [6.07, 6.45) is 2.25. The van der Waals surface area contributed by atoms with Crippen molar-refractivity contribution in [2.24, 2.45) is 0 Å². The monoisotopic (exact) mass is 370 g/mol. The van der Waals surface area contributed by atoms with Gasteiger partial charge in [-0.05, 0) is 52.9 Å². The Morgan fingerprint density at radius 1 is 1.30 bits per heavy atom. The second kappa shape index (κ2) is 8.67. The van der Waals surface area contributed by atoms with Crippen LogP contribution in [0.3, 0.4) is 0 Å². The molecular weight excluding hydrogens is 340 g/mol. The largest absolute Gasteiger partial charge is 0.376 e. The van der Waals surface area contributed by atoms with Gasteiger partial charge in [-0.15, -0.1) is 0 Å². The molecular formula is C21H30N4O2. The maximum Gasteiger partial charge on any atom is 0.254 e. The first-order valence-electron chi connectivity index (χ1n) is 9.63. The number of aromatic nitrogens is 2. The fourth-order valence-electron chi connectivity index (χ4n) is 3.50. The van der Waals surface area contributed by atoms with E-state index in [2.05, 4.69) is 14.9 Å². The van der Waals surface area contributed by atoms with Crippen LogP contribution in [0, 0.1) is 13.8 Å². The Balaban J connectivity index is 1.81. The van der Waals surface area contributed by atoms with Crippen molar-refractivity contribution in [3.63, 3.8) is 0 Å². The van der Waals surface area contributed by atoms with Crippen molar-refractivity contribution in [1.82, 2.24) is 19.8 Å². The van der Waals surface area contributed by atoms with Crippen LogP contribution in [0.2, 0.25) is 0 Å². The van der Waals surface area contributed by atoms with Crippen LogP contribution in [0.1, 0.15) is 34.7 Å². The predicted molar refractivity (Wildman–Crippen MR) is 107 cm³/mol. The number of ether oxygens (including phenoxy) is 1. The van der Waals surface area contributed by atoms with Crippen LogP contribution in [-0.2, 0) is 4.74 Å². The summed E-state index contributed by atoms with van der Waals surface area (Å²) in [7, 11) is 4.05. The fraction of sp³-hybridized carbons (Fsp3) is 0.524. The fourth-order valence-corrected chi connectivity index (χ4v) is 3.50. The normalized spacial score (nSPS) is 16.9. The minimum absolute atomic E-state index is 0.0547. The van der Waals surface area contributed by atoms with E-state index in [-0.39, 0.29) is 12.0 Å². The van der Waals surface area contributed by atoms with Crippen molar-refractivity contribution in [3.8, 4) is 11.3 Å². The Bertz CT molecular complexity index is 778. The zero-order chi connectivity index (χ0) is 19.4. The Morgan fingerprint density at radius 3 is 2.74 bits per heavy atom. The highest BCUT2D eigenvalue weighted by molar-refractivity contribution is 5.95. The SMILES string of the molecule is Cc1nc(-c2cccc(C(=O)N(CCN(C)C)C[C@@H]3CCCO3)c2)c(C)[nH]1. The van der Waals surface area contributed by atoms with Gasteiger partial charge in [0.15, 0.2) is 0 Å². The average molecular weight is 370 g/mol. The molecule has 1 aliphatic rings. The van der Waals surface area contributed by atoms with Crippen molar-refractivity contribution in [1.29, 1.82) is 0 Å². The lowest BCUT2D eigenvalue weighted by molar-refractivity contribution is 0.0512. The van der Waals surface area contributed by atoms with Crippen molar-refractivity contribution >= 4 is 5.91 Å². The average Bonchev–Trinajstić information content (AvgIpc) is 3.27. The molecule has 0 bridgehead atoms. The third-order valence-corrected chi connectivity index (χ3v) is 4.94. The number of rotatable bonds is 7. The summed E-state index contributed by atoms with van der Waals surface area (Å²) in [6.45, 7) is 6.91. The lowest BCUT2D eigenvalue weighted by Gasteiger charge is -2.27. The van der Waals surface area contributed by atoms with Gasteiger partial charge in [0, 0.05) is 43.1 Å². The van der Waals surface area contributed by atoms with Gasteiger partial charge in [-0.3, -0.25) is 4.79 Å². The molecule has 1 aromatic carbocycles. The topological polar surface area (TPSA) is 61.5 Å². The van der Waals surface area contributed by atoms with Gasteiger partial charge in [0.25, 0.3) is 5.91 Å². The third-order valence-electron chi connectivity index (χ3n) is 4.94. The number of nitrogens with zero attached hydrogens (tertiary/aromatic N) is 3. The van der Waals surface area contributed by atoms with Crippen LogP contribution in [0.15, 0.2) is 24.3 Å². The molecule has 1 amide bonds. The Kier molecular flexibility index (Phi) is 6.29. The number of hydrogen-bond acceptors (Lipinski definition) is 4. The number of aromatic amines is 1. The summed E-state index contributed by atoms with van der Waals surface area (Å²) in [5, 5.41) is 0. The molecule has 1 saturated heterocycles. The van der Waals surface area contributed by atoms with Gasteiger partial charge in [0.2, 0.25) is 0 Å². The van der Waals surface area contributed by atoms with E-state index in [0.717, 1.165) is 48.8 Å². The van der Waals surface area contributed by atoms with Gasteiger partial charge < -0.3 is 19.5 Å². The lowest BCUT2D eigenvalue weighted by Crippen LogP contribution is -2.41. The molecule has 1 atom stereocenters. The highest BCUT2D eigenvalue weighted by Crippen LogP contribution is 2.23. The number of carbonyl (C=O) groups excluding carboxylic acids is 1. The summed E-state index contributed by atoms with van der Waals surface area (Å²) < 4.78 is 5.77. The number of nitrogens with one attached hydrogen (secondary N) is 1. The number of amides is 1. The number of benzene rings is 1. The van der Waals surface area contributed by atoms with Crippen molar-refractivity contribution in [2.75, 3.05) is 40.3 Å². The number of likely N-dealkylation sites (N-methyl/N-ethyl adjacent to an activating group) is 1. The molecule has 0 unspecified atom stereocenters. The quantitative estimate of drug-likeness (QED) is 0.814. The van der Waals surface area contributed by atoms with E-state index in [1.54, 1.807) is 0 Å². The highest BCUT2D eigenvalue weighted by atomic mass is 16.5. The molecule has 1 aromatic heterocycles. The van der Waals surface area contributed by atoms with E-state index in [9.17, 15) is 4.79 Å². The second-order valence-electron chi connectivity index (χ2n) is 7.57. The van der Waals surface area contributed by atoms with Crippen LogP contribution in [0.4, 0.5) is 0 Å². The first-order chi connectivity index (χ1) is 12.9. The highest BCUT2D eigenvalue weighted by Gasteiger charge is 2.24. The molecule has 1 aliphatic heterocycles. The van der Waals surface area contributed by atoms with E-state index in [1.165, 1.54) is 0 Å². The van der Waals surface area contributed by atoms with Gasteiger partial charge in [-0.2, -0.15) is 0 Å². The molecule has 0 spiro atoms. The number of H-pyrrole nitrogens is 1. The minimum Gasteiger partial charge on any atom is -0.376 e. The summed E-state index contributed by atoms with van der Waals surface area (Å²) in [4.78, 5) is 25.1. The second-order valence-corrected chi connectivity index (χ2v) is 7.57. The summed E-state index contributed by atoms with van der Waals surface area (Å²) >= 11 is 0. The van der Waals surface area contributed by atoms with Gasteiger partial charge >= 0.3 is 0 Å². The summed E-state index contributed by atoms with van der Waals surface area (Å²) in [5.41, 5.74) is 3.58. The number of aryl methyl sites for hydroxylation is 2. The summed E-state index contributed by atoms with van der Waals surface area (Å²) in [6, 6.07) is 7.77. The molecule has 1 N–H and O–H groups in total. The maximum atomic E-state index is 13.2. The van der Waals surface area contributed by atoms with E-state index in [0.29, 0.717) is 18.7 Å². The summed E-state index contributed by atoms with van der Waals surface area (Å²) in [5.74, 6) is 0.935. The van der Waals surface area contributed by atoms with E-state index in [1.807, 2.05) is 57.1 Å². The first-order valence-corrected chi connectivity index (χ1v) is 9.63. The zero-order valence-corrected chi connectivity index (χ0v) is 16.8. The zero-order valence-electron chi connectivity index (χ0n) is 16.8. The predicted octanol–water partition coefficient (Wildman–Crippen LogP) is 2.88. The molecule has 6 heteroatoms. The molecule has 2 aromatic rings. The van der Waals surface area contributed by atoms with Crippen LogP contribution >= 0.6 is 0 Å². The van der Waals surface area contributed by atoms with Crippen molar-refractivity contribution in [2.45, 2.75) is 32.8 Å². The molecule has 0 aliphatic carbocycles. The van der Waals surface area contributed by atoms with Gasteiger partial charge in [0.1, 0.15) is 5.82 Å². The molecule has 6 nitrogen and oxygen atoms in total. The smallest absolute Gasteiger partial charge is 0.254 e. The standard InChI is InChI=1S/C21H30N4O2/c1-15-20(23-16(2)22-15)17-7-5-8-18(13-17)21(26)25(11-10-24(3)4)14-19-9-6-12-27-19/h5,7-8,13,19H,6,9-12,14H2,1-4H3,(H,22,23)/t19-/m0/s1. The molecule has 2 heterocycles. The molecule has 27 heavy (non-hydrogen) atoms. The van der Waals surface area contributed by atoms with Crippen molar-refractivity contribution in [3.05, 3.63) is 41.3 Å².